The molecule has 2 aromatic heterocycles. The van der Waals surface area contributed by atoms with E-state index in [2.05, 4.69) is 21.3 Å². The van der Waals surface area contributed by atoms with E-state index in [0.717, 1.165) is 42.8 Å². The Kier molecular flexibility index (Phi) is 13.7. The van der Waals surface area contributed by atoms with E-state index < -0.39 is 63.7 Å². The number of carboxylic acid groups (broad SMARTS) is 1. The molecule has 1 aromatic carbocycles. The number of rotatable bonds is 11. The topological polar surface area (TPSA) is 225 Å². The molecule has 2 aliphatic carbocycles. The van der Waals surface area contributed by atoms with Gasteiger partial charge in [-0.1, -0.05) is 25.0 Å². The molecule has 20 heteroatoms. The van der Waals surface area contributed by atoms with E-state index in [-0.39, 0.29) is 38.4 Å². The van der Waals surface area contributed by atoms with Crippen LogP contribution in [-0.4, -0.2) is 131 Å². The maximum Gasteiger partial charge on any atom is 0.330 e. The predicted molar refractivity (Wildman–Crippen MR) is 246 cm³/mol. The molecule has 0 radical (unpaired) electrons. The van der Waals surface area contributed by atoms with Crippen LogP contribution in [0.25, 0.3) is 22.3 Å². The number of allylic oxidation sites excluding steroid dienone is 2. The van der Waals surface area contributed by atoms with Gasteiger partial charge in [-0.25, -0.2) is 19.6 Å². The second-order valence-electron chi connectivity index (χ2n) is 18.0. The summed E-state index contributed by atoms with van der Waals surface area (Å²) in [5.74, 6) is -1.64. The number of pyridine rings is 1. The number of carbonyl (C=O) groups excluding carboxylic acids is 3. The quantitative estimate of drug-likeness (QED) is 0.160. The van der Waals surface area contributed by atoms with Crippen LogP contribution < -0.4 is 30.7 Å². The van der Waals surface area contributed by atoms with Crippen molar-refractivity contribution in [3.05, 3.63) is 53.1 Å². The first kappa shape index (κ1) is 46.2. The molecule has 5 atom stereocenters. The van der Waals surface area contributed by atoms with Gasteiger partial charge in [0.15, 0.2) is 5.13 Å². The van der Waals surface area contributed by atoms with Gasteiger partial charge in [-0.2, -0.15) is 17.0 Å². The van der Waals surface area contributed by atoms with Crippen LogP contribution in [0.15, 0.2) is 53.1 Å². The first-order valence-corrected chi connectivity index (χ1v) is 24.8. The van der Waals surface area contributed by atoms with Crippen molar-refractivity contribution in [1.82, 2.24) is 39.4 Å². The predicted octanol–water partition coefficient (Wildman–Crippen LogP) is 5.00. The molecule has 2 saturated carbocycles. The molecule has 0 bridgehead atoms. The van der Waals surface area contributed by atoms with Crippen molar-refractivity contribution in [3.8, 4) is 22.9 Å². The van der Waals surface area contributed by atoms with E-state index in [0.29, 0.717) is 71.8 Å². The Hall–Kier alpha value is -5.31. The Balaban J connectivity index is 1.09. The third-order valence-corrected chi connectivity index (χ3v) is 15.7. The number of aliphatic carboxylic acids is 1. The van der Waals surface area contributed by atoms with Crippen LogP contribution >= 0.6 is 11.3 Å². The number of nitrogens with zero attached hydrogens (tertiary/aromatic N) is 5. The highest BCUT2D eigenvalue weighted by Crippen LogP contribution is 2.46. The highest BCUT2D eigenvalue weighted by atomic mass is 32.2. The van der Waals surface area contributed by atoms with Crippen LogP contribution in [-0.2, 0) is 24.6 Å². The molecule has 5 heterocycles. The molecule has 2 saturated heterocycles. The monoisotopic (exact) mass is 933 g/mol. The number of benzene rings is 1. The lowest BCUT2D eigenvalue weighted by atomic mass is 9.90. The number of urea groups is 1. The van der Waals surface area contributed by atoms with Crippen molar-refractivity contribution in [2.75, 3.05) is 45.7 Å². The zero-order valence-electron chi connectivity index (χ0n) is 37.3. The minimum atomic E-state index is -3.71. The molecule has 1 unspecified atom stereocenters. The Morgan fingerprint density at radius 1 is 1.06 bits per heavy atom. The van der Waals surface area contributed by atoms with Gasteiger partial charge >= 0.3 is 12.0 Å². The van der Waals surface area contributed by atoms with Gasteiger partial charge in [0.25, 0.3) is 10.2 Å². The fourth-order valence-corrected chi connectivity index (χ4v) is 11.3. The molecule has 4 amide bonds. The van der Waals surface area contributed by atoms with Crippen molar-refractivity contribution in [2.45, 2.75) is 114 Å². The Bertz CT molecular complexity index is 2490. The van der Waals surface area contributed by atoms with Crippen molar-refractivity contribution < 1.29 is 42.2 Å². The van der Waals surface area contributed by atoms with E-state index >= 15 is 0 Å². The number of amides is 4. The number of carbonyl (C=O) groups is 4. The molecule has 18 nitrogen and oxygen atoms in total. The van der Waals surface area contributed by atoms with Gasteiger partial charge in [-0.15, -0.1) is 11.3 Å². The SMILES string of the molecule is COc1ccc2c(O[C@@H]3C[C@H]4C(=O)N[C@]5(C(=O)O)CC5/C=C\CCCCC[C@H](NC(=O)NC(CN5CCCN(C)S5(=O)=O)=C5CCC5)C(=O)N4C3)cc(-c3csc(NC(C)C)n3)nc2c1. The molecule has 3 aliphatic heterocycles. The van der Waals surface area contributed by atoms with Gasteiger partial charge in [0, 0.05) is 67.1 Å². The standard InChI is InChI=1S/C45H59N9O9S2/c1-27(2)46-44-50-37(26-64-44)35-22-39(32-17-16-30(62-4)20-34(32)47-35)63-31-21-38-40(55)51-45(42(57)58)23-29(45)14-8-6-5-7-9-15-33(41(56)54(38)24-31)48-43(59)49-36(28-12-10-13-28)25-53-19-11-18-52(3)65(53,60)61/h8,14,16-17,20,22,26-27,29,31,33,38H,5-7,9-13,15,18-19,21,23-25H2,1-4H3,(H,46,50)(H,51,55)(H,57,58)(H2,48,49,59)/b14-8-/t29?,31-,33+,38+,45-/m1/s1. The lowest BCUT2D eigenvalue weighted by Gasteiger charge is -2.34. The molecule has 4 fully saturated rings. The van der Waals surface area contributed by atoms with Crippen LogP contribution in [0.4, 0.5) is 9.93 Å². The number of hydrogen-bond acceptors (Lipinski definition) is 12. The van der Waals surface area contributed by atoms with Crippen LogP contribution in [0, 0.1) is 5.92 Å². The van der Waals surface area contributed by atoms with Crippen LogP contribution in [0.2, 0.25) is 0 Å². The number of aromatic nitrogens is 2. The minimum Gasteiger partial charge on any atom is -0.497 e. The molecule has 65 heavy (non-hydrogen) atoms. The number of ether oxygens (including phenoxy) is 2. The smallest absolute Gasteiger partial charge is 0.330 e. The lowest BCUT2D eigenvalue weighted by molar-refractivity contribution is -0.145. The third kappa shape index (κ3) is 10.1. The first-order chi connectivity index (χ1) is 31.1. The summed E-state index contributed by atoms with van der Waals surface area (Å²) in [6.07, 6.45) is 9.44. The zero-order valence-corrected chi connectivity index (χ0v) is 38.9. The van der Waals surface area contributed by atoms with Crippen molar-refractivity contribution in [3.63, 3.8) is 0 Å². The molecule has 8 rings (SSSR count). The van der Waals surface area contributed by atoms with Crippen LogP contribution in [0.5, 0.6) is 11.5 Å². The Morgan fingerprint density at radius 2 is 1.88 bits per heavy atom. The second-order valence-corrected chi connectivity index (χ2v) is 20.8. The van der Waals surface area contributed by atoms with Crippen molar-refractivity contribution >= 4 is 61.4 Å². The van der Waals surface area contributed by atoms with Gasteiger partial charge < -0.3 is 40.7 Å². The largest absolute Gasteiger partial charge is 0.497 e. The number of carboxylic acids is 1. The summed E-state index contributed by atoms with van der Waals surface area (Å²) >= 11 is 1.45. The molecular formula is C45H59N9O9S2. The fraction of sp³-hybridized carbons (Fsp3) is 0.556. The summed E-state index contributed by atoms with van der Waals surface area (Å²) in [5.41, 5.74) is 1.70. The number of methoxy groups -OCH3 is 1. The summed E-state index contributed by atoms with van der Waals surface area (Å²) in [7, 11) is -0.603. The van der Waals surface area contributed by atoms with E-state index in [1.54, 1.807) is 25.3 Å². The van der Waals surface area contributed by atoms with Crippen molar-refractivity contribution in [2.24, 2.45) is 5.92 Å². The normalized spacial score (nSPS) is 26.7. The van der Waals surface area contributed by atoms with Gasteiger partial charge in [0.2, 0.25) is 11.8 Å². The van der Waals surface area contributed by atoms with Crippen LogP contribution in [0.3, 0.4) is 0 Å². The number of fused-ring (bicyclic) bond motifs is 3. The van der Waals surface area contributed by atoms with Gasteiger partial charge in [0.05, 0.1) is 31.4 Å². The number of nitrogens with one attached hydrogen (secondary N) is 4. The maximum atomic E-state index is 15.0. The summed E-state index contributed by atoms with van der Waals surface area (Å²) < 4.78 is 41.3. The average molecular weight is 934 g/mol. The highest BCUT2D eigenvalue weighted by Gasteiger charge is 2.61. The van der Waals surface area contributed by atoms with Crippen LogP contribution in [0.1, 0.15) is 84.5 Å². The molecule has 3 aromatic rings. The summed E-state index contributed by atoms with van der Waals surface area (Å²) in [6.45, 7) is 4.75. The second kappa shape index (κ2) is 19.3. The number of thiazole rings is 1. The maximum absolute atomic E-state index is 15.0. The summed E-state index contributed by atoms with van der Waals surface area (Å²) in [4.78, 5) is 67.2. The lowest BCUT2D eigenvalue weighted by Crippen LogP contribution is -2.57. The van der Waals surface area contributed by atoms with E-state index in [1.165, 1.54) is 31.9 Å². The fourth-order valence-electron chi connectivity index (χ4n) is 9.02. The van der Waals surface area contributed by atoms with Gasteiger partial charge in [-0.3, -0.25) is 9.59 Å². The third-order valence-electron chi connectivity index (χ3n) is 13.0. The van der Waals surface area contributed by atoms with Crippen molar-refractivity contribution in [1.29, 1.82) is 0 Å². The minimum absolute atomic E-state index is 0.00206. The van der Waals surface area contributed by atoms with Gasteiger partial charge in [0.1, 0.15) is 40.9 Å². The van der Waals surface area contributed by atoms with E-state index in [4.69, 9.17) is 19.4 Å². The van der Waals surface area contributed by atoms with E-state index in [9.17, 15) is 32.7 Å². The molecule has 5 aliphatic rings. The van der Waals surface area contributed by atoms with Gasteiger partial charge in [-0.05, 0) is 82.9 Å². The molecule has 350 valence electrons. The number of anilines is 1. The average Bonchev–Trinajstić information content (AvgIpc) is 3.51. The summed E-state index contributed by atoms with van der Waals surface area (Å²) in [5, 5.41) is 25.7. The molecule has 0 spiro atoms. The zero-order chi connectivity index (χ0) is 46.0. The van der Waals surface area contributed by atoms with E-state index in [1.807, 2.05) is 37.4 Å². The highest BCUT2D eigenvalue weighted by molar-refractivity contribution is 7.86. The molecule has 5 N–H and O–H groups in total. The summed E-state index contributed by atoms with van der Waals surface area (Å²) in [6, 6.07) is 4.54. The Morgan fingerprint density at radius 3 is 2.62 bits per heavy atom. The Labute approximate surface area is 383 Å². The first-order valence-electron chi connectivity index (χ1n) is 22.6. The molecular weight excluding hydrogens is 875 g/mol. The number of hydrogen-bond donors (Lipinski definition) is 5.